The van der Waals surface area contributed by atoms with Gasteiger partial charge < -0.3 is 4.90 Å². The standard InChI is InChI=1S/C13H21N3O/c1-3-16-11(2)10-12(14-16)13(17)15-8-6-4-5-7-9-15/h10H,3-9H2,1-2H3. The van der Waals surface area contributed by atoms with Gasteiger partial charge in [-0.15, -0.1) is 0 Å². The van der Waals surface area contributed by atoms with Crippen molar-refractivity contribution in [1.82, 2.24) is 14.7 Å². The van der Waals surface area contributed by atoms with Crippen molar-refractivity contribution in [3.63, 3.8) is 0 Å². The molecule has 1 amide bonds. The second kappa shape index (κ2) is 5.34. The van der Waals surface area contributed by atoms with Crippen LogP contribution in [-0.2, 0) is 6.54 Å². The van der Waals surface area contributed by atoms with Crippen molar-refractivity contribution in [2.45, 2.75) is 46.1 Å². The van der Waals surface area contributed by atoms with Crippen LogP contribution >= 0.6 is 0 Å². The van der Waals surface area contributed by atoms with Gasteiger partial charge in [0, 0.05) is 25.3 Å². The Balaban J connectivity index is 2.11. The van der Waals surface area contributed by atoms with Gasteiger partial charge >= 0.3 is 0 Å². The molecule has 0 bridgehead atoms. The van der Waals surface area contributed by atoms with Gasteiger partial charge in [0.15, 0.2) is 5.69 Å². The number of hydrogen-bond acceptors (Lipinski definition) is 2. The predicted octanol–water partition coefficient (Wildman–Crippen LogP) is 2.23. The number of rotatable bonds is 2. The zero-order chi connectivity index (χ0) is 12.3. The molecule has 1 fully saturated rings. The fraction of sp³-hybridized carbons (Fsp3) is 0.692. The quantitative estimate of drug-likeness (QED) is 0.788. The molecule has 0 N–H and O–H groups in total. The third kappa shape index (κ3) is 2.68. The van der Waals surface area contributed by atoms with Gasteiger partial charge in [-0.05, 0) is 32.8 Å². The van der Waals surface area contributed by atoms with E-state index in [1.807, 2.05) is 29.5 Å². The molecule has 0 spiro atoms. The van der Waals surface area contributed by atoms with E-state index in [1.165, 1.54) is 12.8 Å². The van der Waals surface area contributed by atoms with Crippen molar-refractivity contribution in [2.24, 2.45) is 0 Å². The predicted molar refractivity (Wildman–Crippen MR) is 67.0 cm³/mol. The van der Waals surface area contributed by atoms with Gasteiger partial charge in [-0.25, -0.2) is 0 Å². The van der Waals surface area contributed by atoms with Gasteiger partial charge in [0.2, 0.25) is 0 Å². The zero-order valence-corrected chi connectivity index (χ0v) is 10.8. The Kier molecular flexibility index (Phi) is 3.82. The number of carbonyl (C=O) groups is 1. The van der Waals surface area contributed by atoms with Crippen LogP contribution in [0.2, 0.25) is 0 Å². The molecule has 4 heteroatoms. The first-order valence-corrected chi connectivity index (χ1v) is 6.56. The minimum atomic E-state index is 0.0993. The SMILES string of the molecule is CCn1nc(C(=O)N2CCCCCC2)cc1C. The fourth-order valence-electron chi connectivity index (χ4n) is 2.37. The Labute approximate surface area is 103 Å². The topological polar surface area (TPSA) is 38.1 Å². The molecule has 0 aromatic carbocycles. The van der Waals surface area contributed by atoms with E-state index >= 15 is 0 Å². The average molecular weight is 235 g/mol. The Hall–Kier alpha value is -1.32. The van der Waals surface area contributed by atoms with Crippen LogP contribution in [0.4, 0.5) is 0 Å². The van der Waals surface area contributed by atoms with Crippen LogP contribution < -0.4 is 0 Å². The number of likely N-dealkylation sites (tertiary alicyclic amines) is 1. The highest BCUT2D eigenvalue weighted by Crippen LogP contribution is 2.13. The Bertz CT molecular complexity index is 389. The van der Waals surface area contributed by atoms with Crippen LogP contribution in [0.1, 0.15) is 48.8 Å². The lowest BCUT2D eigenvalue weighted by atomic mass is 10.2. The largest absolute Gasteiger partial charge is 0.337 e. The minimum Gasteiger partial charge on any atom is -0.337 e. The molecule has 1 aromatic rings. The van der Waals surface area contributed by atoms with E-state index in [2.05, 4.69) is 5.10 Å². The normalized spacial score (nSPS) is 16.9. The molecule has 2 rings (SSSR count). The number of aryl methyl sites for hydroxylation is 2. The van der Waals surface area contributed by atoms with E-state index in [1.54, 1.807) is 0 Å². The summed E-state index contributed by atoms with van der Waals surface area (Å²) in [4.78, 5) is 14.2. The lowest BCUT2D eigenvalue weighted by Crippen LogP contribution is -2.32. The van der Waals surface area contributed by atoms with Crippen molar-refractivity contribution in [1.29, 1.82) is 0 Å². The Morgan fingerprint density at radius 2 is 1.94 bits per heavy atom. The molecule has 1 aromatic heterocycles. The van der Waals surface area contributed by atoms with E-state index in [9.17, 15) is 4.79 Å². The van der Waals surface area contributed by atoms with E-state index in [-0.39, 0.29) is 5.91 Å². The van der Waals surface area contributed by atoms with Gasteiger partial charge in [0.1, 0.15) is 0 Å². The average Bonchev–Trinajstić information content (AvgIpc) is 2.56. The minimum absolute atomic E-state index is 0.0993. The van der Waals surface area contributed by atoms with Crippen molar-refractivity contribution in [3.05, 3.63) is 17.5 Å². The van der Waals surface area contributed by atoms with Gasteiger partial charge in [-0.3, -0.25) is 9.48 Å². The molecule has 2 heterocycles. The molecule has 94 valence electrons. The maximum absolute atomic E-state index is 12.3. The van der Waals surface area contributed by atoms with Crippen LogP contribution in [0.3, 0.4) is 0 Å². The fourth-order valence-corrected chi connectivity index (χ4v) is 2.37. The molecule has 0 unspecified atom stereocenters. The molecule has 1 saturated heterocycles. The summed E-state index contributed by atoms with van der Waals surface area (Å²) in [5.41, 5.74) is 1.66. The number of amides is 1. The first kappa shape index (κ1) is 12.1. The highest BCUT2D eigenvalue weighted by molar-refractivity contribution is 5.92. The monoisotopic (exact) mass is 235 g/mol. The molecule has 0 radical (unpaired) electrons. The Morgan fingerprint density at radius 3 is 2.47 bits per heavy atom. The molecule has 1 aliphatic heterocycles. The van der Waals surface area contributed by atoms with E-state index in [0.29, 0.717) is 5.69 Å². The molecule has 1 aliphatic rings. The maximum Gasteiger partial charge on any atom is 0.274 e. The third-order valence-electron chi connectivity index (χ3n) is 3.39. The second-order valence-corrected chi connectivity index (χ2v) is 4.69. The van der Waals surface area contributed by atoms with Crippen molar-refractivity contribution in [2.75, 3.05) is 13.1 Å². The highest BCUT2D eigenvalue weighted by atomic mass is 16.2. The van der Waals surface area contributed by atoms with Crippen LogP contribution in [0.25, 0.3) is 0 Å². The summed E-state index contributed by atoms with van der Waals surface area (Å²) in [6, 6.07) is 1.90. The van der Waals surface area contributed by atoms with Gasteiger partial charge in [0.25, 0.3) is 5.91 Å². The van der Waals surface area contributed by atoms with Crippen molar-refractivity contribution in [3.8, 4) is 0 Å². The summed E-state index contributed by atoms with van der Waals surface area (Å²) < 4.78 is 1.88. The van der Waals surface area contributed by atoms with E-state index in [0.717, 1.165) is 38.2 Å². The number of aromatic nitrogens is 2. The maximum atomic E-state index is 12.3. The van der Waals surface area contributed by atoms with Gasteiger partial charge in [-0.1, -0.05) is 12.8 Å². The molecule has 0 saturated carbocycles. The van der Waals surface area contributed by atoms with E-state index in [4.69, 9.17) is 0 Å². The second-order valence-electron chi connectivity index (χ2n) is 4.69. The summed E-state index contributed by atoms with van der Waals surface area (Å²) in [7, 11) is 0. The number of carbonyl (C=O) groups excluding carboxylic acids is 1. The lowest BCUT2D eigenvalue weighted by molar-refractivity contribution is 0.0755. The van der Waals surface area contributed by atoms with Crippen LogP contribution in [0.15, 0.2) is 6.07 Å². The zero-order valence-electron chi connectivity index (χ0n) is 10.8. The summed E-state index contributed by atoms with van der Waals surface area (Å²) in [5, 5.41) is 4.36. The van der Waals surface area contributed by atoms with Crippen molar-refractivity contribution < 1.29 is 4.79 Å². The number of nitrogens with zero attached hydrogens (tertiary/aromatic N) is 3. The highest BCUT2D eigenvalue weighted by Gasteiger charge is 2.20. The molecular formula is C13H21N3O. The molecule has 0 aliphatic carbocycles. The van der Waals surface area contributed by atoms with E-state index < -0.39 is 0 Å². The van der Waals surface area contributed by atoms with Crippen LogP contribution in [-0.4, -0.2) is 33.7 Å². The van der Waals surface area contributed by atoms with Gasteiger partial charge in [0.05, 0.1) is 0 Å². The third-order valence-corrected chi connectivity index (χ3v) is 3.39. The summed E-state index contributed by atoms with van der Waals surface area (Å²) in [6.07, 6.45) is 4.73. The summed E-state index contributed by atoms with van der Waals surface area (Å²) in [6.45, 7) is 6.63. The lowest BCUT2D eigenvalue weighted by Gasteiger charge is -2.18. The Morgan fingerprint density at radius 1 is 1.29 bits per heavy atom. The summed E-state index contributed by atoms with van der Waals surface area (Å²) in [5.74, 6) is 0.0993. The van der Waals surface area contributed by atoms with Crippen LogP contribution in [0.5, 0.6) is 0 Å². The van der Waals surface area contributed by atoms with Crippen LogP contribution in [0, 0.1) is 6.92 Å². The first-order valence-electron chi connectivity index (χ1n) is 6.56. The smallest absolute Gasteiger partial charge is 0.274 e. The number of hydrogen-bond donors (Lipinski definition) is 0. The molecular weight excluding hydrogens is 214 g/mol. The molecule has 4 nitrogen and oxygen atoms in total. The molecule has 17 heavy (non-hydrogen) atoms. The first-order chi connectivity index (χ1) is 8.22. The van der Waals surface area contributed by atoms with Crippen molar-refractivity contribution >= 4 is 5.91 Å². The summed E-state index contributed by atoms with van der Waals surface area (Å²) >= 11 is 0. The molecule has 0 atom stereocenters. The van der Waals surface area contributed by atoms with Gasteiger partial charge in [-0.2, -0.15) is 5.10 Å².